The first kappa shape index (κ1) is 17.5. The summed E-state index contributed by atoms with van der Waals surface area (Å²) in [5, 5.41) is 0. The smallest absolute Gasteiger partial charge is 0.220 e. The lowest BCUT2D eigenvalue weighted by molar-refractivity contribution is -0.129. The van der Waals surface area contributed by atoms with Crippen LogP contribution in [0.3, 0.4) is 0 Å². The van der Waals surface area contributed by atoms with Crippen LogP contribution in [-0.2, 0) is 17.8 Å². The second-order valence-corrected chi connectivity index (χ2v) is 6.78. The Morgan fingerprint density at radius 3 is 2.84 bits per heavy atom. The molecule has 5 heteroatoms. The molecule has 5 nitrogen and oxygen atoms in total. The van der Waals surface area contributed by atoms with E-state index in [1.807, 2.05) is 17.2 Å². The number of likely N-dealkylation sites (tertiary alicyclic amines) is 1. The summed E-state index contributed by atoms with van der Waals surface area (Å²) in [6.45, 7) is 4.19. The van der Waals surface area contributed by atoms with Crippen LogP contribution in [0, 0.1) is 0 Å². The van der Waals surface area contributed by atoms with Crippen molar-refractivity contribution in [2.45, 2.75) is 38.8 Å². The third-order valence-corrected chi connectivity index (χ3v) is 4.76. The van der Waals surface area contributed by atoms with Crippen LogP contribution in [-0.4, -0.2) is 45.8 Å². The molecule has 1 aromatic heterocycles. The van der Waals surface area contributed by atoms with Crippen molar-refractivity contribution in [1.29, 1.82) is 0 Å². The van der Waals surface area contributed by atoms with Crippen LogP contribution in [0.4, 0.5) is 0 Å². The number of nitrogens with zero attached hydrogens (tertiary/aromatic N) is 4. The van der Waals surface area contributed by atoms with Gasteiger partial charge in [0.1, 0.15) is 0 Å². The van der Waals surface area contributed by atoms with Crippen LogP contribution in [0.25, 0.3) is 0 Å². The molecular weight excluding hydrogens is 312 g/mol. The molecule has 1 aromatic carbocycles. The number of aromatic nitrogens is 2. The van der Waals surface area contributed by atoms with E-state index >= 15 is 0 Å². The van der Waals surface area contributed by atoms with Crippen molar-refractivity contribution >= 4 is 5.91 Å². The summed E-state index contributed by atoms with van der Waals surface area (Å²) in [6, 6.07) is 10.6. The molecule has 0 spiro atoms. The Bertz CT molecular complexity index is 704. The van der Waals surface area contributed by atoms with Gasteiger partial charge in [0, 0.05) is 32.8 Å². The molecule has 2 aromatic rings. The summed E-state index contributed by atoms with van der Waals surface area (Å²) in [4.78, 5) is 25.1. The molecule has 1 saturated heterocycles. The first-order chi connectivity index (χ1) is 12.1. The van der Waals surface area contributed by atoms with E-state index in [-0.39, 0.29) is 11.9 Å². The van der Waals surface area contributed by atoms with Gasteiger partial charge in [0.05, 0.1) is 23.6 Å². The highest BCUT2D eigenvalue weighted by atomic mass is 16.2. The lowest BCUT2D eigenvalue weighted by Gasteiger charge is -2.23. The van der Waals surface area contributed by atoms with Gasteiger partial charge < -0.3 is 9.80 Å². The molecule has 1 unspecified atom stereocenters. The van der Waals surface area contributed by atoms with Gasteiger partial charge in [-0.25, -0.2) is 0 Å². The second kappa shape index (κ2) is 8.21. The summed E-state index contributed by atoms with van der Waals surface area (Å²) >= 11 is 0. The maximum Gasteiger partial charge on any atom is 0.220 e. The fourth-order valence-corrected chi connectivity index (χ4v) is 3.43. The van der Waals surface area contributed by atoms with Crippen molar-refractivity contribution in [2.75, 3.05) is 20.1 Å². The van der Waals surface area contributed by atoms with E-state index in [0.29, 0.717) is 0 Å². The highest BCUT2D eigenvalue weighted by Crippen LogP contribution is 2.30. The molecule has 1 aliphatic rings. The maximum atomic E-state index is 11.8. The van der Waals surface area contributed by atoms with Crippen LogP contribution in [0.5, 0.6) is 0 Å². The first-order valence-corrected chi connectivity index (χ1v) is 8.94. The van der Waals surface area contributed by atoms with Crippen LogP contribution in [0.1, 0.15) is 42.8 Å². The monoisotopic (exact) mass is 338 g/mol. The summed E-state index contributed by atoms with van der Waals surface area (Å²) in [7, 11) is 2.11. The van der Waals surface area contributed by atoms with Crippen molar-refractivity contribution in [1.82, 2.24) is 19.8 Å². The molecule has 0 radical (unpaired) electrons. The minimum atomic E-state index is 0.0829. The molecule has 0 saturated carbocycles. The van der Waals surface area contributed by atoms with Gasteiger partial charge >= 0.3 is 0 Å². The second-order valence-electron chi connectivity index (χ2n) is 6.78. The third-order valence-electron chi connectivity index (χ3n) is 4.76. The quantitative estimate of drug-likeness (QED) is 0.813. The number of carbonyl (C=O) groups excluding carboxylic acids is 1. The Hall–Kier alpha value is -2.27. The molecular formula is C20H26N4O. The van der Waals surface area contributed by atoms with Crippen molar-refractivity contribution in [3.05, 3.63) is 59.7 Å². The first-order valence-electron chi connectivity index (χ1n) is 8.94. The zero-order valence-electron chi connectivity index (χ0n) is 15.1. The molecule has 132 valence electrons. The molecule has 0 N–H and O–H groups in total. The van der Waals surface area contributed by atoms with Crippen molar-refractivity contribution in [3.8, 4) is 0 Å². The highest BCUT2D eigenvalue weighted by molar-refractivity contribution is 5.74. The zero-order valence-corrected chi connectivity index (χ0v) is 15.1. The number of carbonyl (C=O) groups is 1. The predicted octanol–water partition coefficient (Wildman–Crippen LogP) is 2.83. The third kappa shape index (κ3) is 4.63. The van der Waals surface area contributed by atoms with Crippen LogP contribution in [0.2, 0.25) is 0 Å². The molecule has 1 amide bonds. The molecule has 1 fully saturated rings. The molecule has 1 atom stereocenters. The Morgan fingerprint density at radius 2 is 2.08 bits per heavy atom. The van der Waals surface area contributed by atoms with Gasteiger partial charge in [-0.2, -0.15) is 0 Å². The normalized spacial score (nSPS) is 17.2. The summed E-state index contributed by atoms with van der Waals surface area (Å²) in [6.07, 6.45) is 6.66. The largest absolute Gasteiger partial charge is 0.334 e. The van der Waals surface area contributed by atoms with Gasteiger partial charge in [-0.05, 0) is 31.9 Å². The standard InChI is InChI=1S/C20H26N4O/c1-16(25)24-11-6-9-20(24)19-14-21-13-18(22-19)15-23(2)12-10-17-7-4-3-5-8-17/h3-5,7-8,13-14,20H,6,9-12,15H2,1-2H3. The summed E-state index contributed by atoms with van der Waals surface area (Å²) in [5.41, 5.74) is 3.22. The molecule has 0 bridgehead atoms. The van der Waals surface area contributed by atoms with Gasteiger partial charge in [0.15, 0.2) is 0 Å². The topological polar surface area (TPSA) is 49.3 Å². The van der Waals surface area contributed by atoms with Crippen LogP contribution < -0.4 is 0 Å². The SMILES string of the molecule is CC(=O)N1CCCC1c1cncc(CN(C)CCc2ccccc2)n1. The van der Waals surface area contributed by atoms with Crippen molar-refractivity contribution in [2.24, 2.45) is 0 Å². The average molecular weight is 338 g/mol. The van der Waals surface area contributed by atoms with Gasteiger partial charge in [-0.15, -0.1) is 0 Å². The Balaban J connectivity index is 1.60. The summed E-state index contributed by atoms with van der Waals surface area (Å²) < 4.78 is 0. The minimum absolute atomic E-state index is 0.0829. The van der Waals surface area contributed by atoms with Crippen LogP contribution >= 0.6 is 0 Å². The zero-order chi connectivity index (χ0) is 17.6. The van der Waals surface area contributed by atoms with E-state index in [1.54, 1.807) is 13.1 Å². The lowest BCUT2D eigenvalue weighted by atomic mass is 10.1. The number of amides is 1. The number of rotatable bonds is 6. The Labute approximate surface area is 149 Å². The fraction of sp³-hybridized carbons (Fsp3) is 0.450. The number of likely N-dealkylation sites (N-methyl/N-ethyl adjacent to an activating group) is 1. The van der Waals surface area contributed by atoms with E-state index < -0.39 is 0 Å². The summed E-state index contributed by atoms with van der Waals surface area (Å²) in [5.74, 6) is 0.120. The van der Waals surface area contributed by atoms with E-state index in [9.17, 15) is 4.79 Å². The van der Waals surface area contributed by atoms with E-state index in [1.165, 1.54) is 5.56 Å². The maximum absolute atomic E-state index is 11.8. The Morgan fingerprint density at radius 1 is 1.28 bits per heavy atom. The van der Waals surface area contributed by atoms with Gasteiger partial charge in [-0.3, -0.25) is 14.8 Å². The molecule has 0 aliphatic carbocycles. The van der Waals surface area contributed by atoms with Gasteiger partial charge in [0.2, 0.25) is 5.91 Å². The van der Waals surface area contributed by atoms with Gasteiger partial charge in [0.25, 0.3) is 0 Å². The van der Waals surface area contributed by atoms with E-state index in [2.05, 4.69) is 41.2 Å². The Kier molecular flexibility index (Phi) is 5.76. The van der Waals surface area contributed by atoms with Gasteiger partial charge in [-0.1, -0.05) is 30.3 Å². The lowest BCUT2D eigenvalue weighted by Crippen LogP contribution is -2.29. The van der Waals surface area contributed by atoms with Crippen LogP contribution in [0.15, 0.2) is 42.7 Å². The molecule has 3 rings (SSSR count). The number of hydrogen-bond donors (Lipinski definition) is 0. The fourth-order valence-electron chi connectivity index (χ4n) is 3.43. The molecule has 25 heavy (non-hydrogen) atoms. The number of benzene rings is 1. The van der Waals surface area contributed by atoms with E-state index in [4.69, 9.17) is 4.98 Å². The van der Waals surface area contributed by atoms with E-state index in [0.717, 1.165) is 50.3 Å². The molecule has 1 aliphatic heterocycles. The van der Waals surface area contributed by atoms with Crippen molar-refractivity contribution < 1.29 is 4.79 Å². The minimum Gasteiger partial charge on any atom is -0.334 e. The average Bonchev–Trinajstić information content (AvgIpc) is 3.11. The predicted molar refractivity (Wildman–Crippen MR) is 97.9 cm³/mol. The van der Waals surface area contributed by atoms with Crippen molar-refractivity contribution in [3.63, 3.8) is 0 Å². The highest BCUT2D eigenvalue weighted by Gasteiger charge is 2.29. The number of hydrogen-bond acceptors (Lipinski definition) is 4. The molecule has 2 heterocycles.